The number of nitrogens with zero attached hydrogens (tertiary/aromatic N) is 2. The molecule has 1 spiro atoms. The second-order valence-corrected chi connectivity index (χ2v) is 10.4. The number of benzene rings is 2. The first-order valence-electron chi connectivity index (χ1n) is 13.8. The Labute approximate surface area is 223 Å². The van der Waals surface area contributed by atoms with Gasteiger partial charge in [-0.2, -0.15) is 13.2 Å². The van der Waals surface area contributed by atoms with E-state index in [4.69, 9.17) is 9.47 Å². The van der Waals surface area contributed by atoms with Gasteiger partial charge >= 0.3 is 6.18 Å². The van der Waals surface area contributed by atoms with E-state index in [1.807, 2.05) is 63.2 Å². The van der Waals surface area contributed by atoms with Crippen LogP contribution in [0, 0.1) is 6.92 Å². The van der Waals surface area contributed by atoms with Crippen LogP contribution in [-0.2, 0) is 4.74 Å². The Balaban J connectivity index is 0.00000164. The smallest absolute Gasteiger partial charge is 0.401 e. The summed E-state index contributed by atoms with van der Waals surface area (Å²) in [5, 5.41) is 0. The van der Waals surface area contributed by atoms with Crippen LogP contribution in [0.15, 0.2) is 48.5 Å². The van der Waals surface area contributed by atoms with Crippen LogP contribution >= 0.6 is 0 Å². The molecular formula is C30H39F3N2O3. The minimum atomic E-state index is -4.27. The molecule has 5 nitrogen and oxygen atoms in total. The number of amides is 1. The molecule has 1 amide bonds. The number of hydrogen-bond donors (Lipinski definition) is 0. The van der Waals surface area contributed by atoms with Crippen molar-refractivity contribution in [3.63, 3.8) is 0 Å². The van der Waals surface area contributed by atoms with Crippen LogP contribution in [0.2, 0.25) is 0 Å². The van der Waals surface area contributed by atoms with Gasteiger partial charge in [-0.3, -0.25) is 9.69 Å². The fourth-order valence-electron chi connectivity index (χ4n) is 5.46. The van der Waals surface area contributed by atoms with Gasteiger partial charge in [0.05, 0.1) is 24.4 Å². The average molecular weight is 533 g/mol. The van der Waals surface area contributed by atoms with Crippen LogP contribution in [0.5, 0.6) is 5.75 Å². The lowest BCUT2D eigenvalue weighted by atomic mass is 9.87. The molecule has 0 radical (unpaired) electrons. The number of ether oxygens (including phenoxy) is 2. The van der Waals surface area contributed by atoms with E-state index in [0.717, 1.165) is 29.7 Å². The van der Waals surface area contributed by atoms with Gasteiger partial charge in [-0.1, -0.05) is 44.2 Å². The number of alkyl halides is 3. The monoisotopic (exact) mass is 532 g/mol. The zero-order chi connectivity index (χ0) is 27.3. The standard InChI is InChI=1S/C28H33F3N2O3.C2H6/c1-20-16-22(10-11-24(20)35-23-8-5-9-23)26(34)33-14-12-27(13-15-33)18-32(19-28(29,30)31)17-25(36-27)21-6-3-2-4-7-21;1-2/h2-4,6-7,10-11,16,23,25H,5,8-9,12-15,17-19H2,1H3;1-2H3. The van der Waals surface area contributed by atoms with E-state index in [9.17, 15) is 18.0 Å². The highest BCUT2D eigenvalue weighted by Crippen LogP contribution is 2.39. The van der Waals surface area contributed by atoms with Gasteiger partial charge in [-0.05, 0) is 68.4 Å². The molecule has 2 saturated heterocycles. The Hall–Kier alpha value is -2.58. The topological polar surface area (TPSA) is 42.0 Å². The summed E-state index contributed by atoms with van der Waals surface area (Å²) in [5.74, 6) is 0.756. The molecule has 2 aromatic rings. The lowest BCUT2D eigenvalue weighted by molar-refractivity contribution is -0.205. The molecule has 208 valence electrons. The van der Waals surface area contributed by atoms with Crippen LogP contribution in [0.1, 0.15) is 73.5 Å². The summed E-state index contributed by atoms with van der Waals surface area (Å²) < 4.78 is 52.4. The number of piperidine rings is 1. The van der Waals surface area contributed by atoms with Crippen molar-refractivity contribution in [3.8, 4) is 5.75 Å². The zero-order valence-electron chi connectivity index (χ0n) is 22.6. The van der Waals surface area contributed by atoms with E-state index in [1.165, 1.54) is 11.3 Å². The quantitative estimate of drug-likeness (QED) is 0.437. The van der Waals surface area contributed by atoms with Gasteiger partial charge in [0.15, 0.2) is 0 Å². The van der Waals surface area contributed by atoms with E-state index in [1.54, 1.807) is 11.0 Å². The molecule has 1 aliphatic carbocycles. The van der Waals surface area contributed by atoms with E-state index >= 15 is 0 Å². The summed E-state index contributed by atoms with van der Waals surface area (Å²) in [6.07, 6.45) is -0.0992. The Kier molecular flexibility index (Phi) is 9.04. The third kappa shape index (κ3) is 6.89. The van der Waals surface area contributed by atoms with Crippen LogP contribution in [0.25, 0.3) is 0 Å². The molecule has 3 fully saturated rings. The number of carbonyl (C=O) groups is 1. The molecule has 0 aromatic heterocycles. The van der Waals surface area contributed by atoms with E-state index < -0.39 is 24.4 Å². The number of aryl methyl sites for hydroxylation is 1. The van der Waals surface area contributed by atoms with Gasteiger partial charge in [-0.25, -0.2) is 0 Å². The van der Waals surface area contributed by atoms with Crippen molar-refractivity contribution in [2.75, 3.05) is 32.7 Å². The first kappa shape index (κ1) is 28.4. The summed E-state index contributed by atoms with van der Waals surface area (Å²) >= 11 is 0. The normalized spacial score (nSPS) is 21.8. The van der Waals surface area contributed by atoms with Crippen molar-refractivity contribution in [1.82, 2.24) is 9.80 Å². The maximum absolute atomic E-state index is 13.3. The Morgan fingerprint density at radius 1 is 1.08 bits per heavy atom. The molecule has 1 saturated carbocycles. The van der Waals surface area contributed by atoms with Crippen molar-refractivity contribution < 1.29 is 27.4 Å². The molecule has 0 N–H and O–H groups in total. The second kappa shape index (κ2) is 12.1. The first-order chi connectivity index (χ1) is 18.2. The van der Waals surface area contributed by atoms with Crippen LogP contribution in [0.4, 0.5) is 13.2 Å². The van der Waals surface area contributed by atoms with Crippen molar-refractivity contribution >= 4 is 5.91 Å². The number of rotatable bonds is 5. The highest BCUT2D eigenvalue weighted by molar-refractivity contribution is 5.94. The second-order valence-electron chi connectivity index (χ2n) is 10.4. The molecule has 2 aliphatic heterocycles. The number of halogens is 3. The van der Waals surface area contributed by atoms with Gasteiger partial charge in [0.1, 0.15) is 5.75 Å². The Morgan fingerprint density at radius 3 is 2.34 bits per heavy atom. The van der Waals surface area contributed by atoms with Gasteiger partial charge < -0.3 is 14.4 Å². The van der Waals surface area contributed by atoms with Crippen molar-refractivity contribution in [1.29, 1.82) is 0 Å². The zero-order valence-corrected chi connectivity index (χ0v) is 22.6. The molecule has 8 heteroatoms. The number of morpholine rings is 1. The van der Waals surface area contributed by atoms with Crippen molar-refractivity contribution in [2.24, 2.45) is 0 Å². The Morgan fingerprint density at radius 2 is 1.76 bits per heavy atom. The summed E-state index contributed by atoms with van der Waals surface area (Å²) in [5.41, 5.74) is 1.71. The highest BCUT2D eigenvalue weighted by Gasteiger charge is 2.46. The predicted octanol–water partition coefficient (Wildman–Crippen LogP) is 6.56. The largest absolute Gasteiger partial charge is 0.490 e. The van der Waals surface area contributed by atoms with Gasteiger partial charge in [0, 0.05) is 31.7 Å². The summed E-state index contributed by atoms with van der Waals surface area (Å²) in [4.78, 5) is 16.5. The number of hydrogen-bond acceptors (Lipinski definition) is 4. The van der Waals surface area contributed by atoms with Crippen LogP contribution < -0.4 is 4.74 Å². The van der Waals surface area contributed by atoms with E-state index in [-0.39, 0.29) is 25.1 Å². The molecule has 38 heavy (non-hydrogen) atoms. The van der Waals surface area contributed by atoms with Gasteiger partial charge in [0.25, 0.3) is 5.91 Å². The van der Waals surface area contributed by atoms with Crippen LogP contribution in [-0.4, -0.2) is 66.3 Å². The van der Waals surface area contributed by atoms with Gasteiger partial charge in [-0.15, -0.1) is 0 Å². The van der Waals surface area contributed by atoms with Crippen LogP contribution in [0.3, 0.4) is 0 Å². The SMILES string of the molecule is CC.Cc1cc(C(=O)N2CCC3(CC2)CN(CC(F)(F)F)CC(c2ccccc2)O3)ccc1OC1CCC1. The molecule has 0 bridgehead atoms. The molecule has 2 aromatic carbocycles. The fraction of sp³-hybridized carbons (Fsp3) is 0.567. The first-order valence-corrected chi connectivity index (χ1v) is 13.8. The molecular weight excluding hydrogens is 493 g/mol. The highest BCUT2D eigenvalue weighted by atomic mass is 19.4. The lowest BCUT2D eigenvalue weighted by Gasteiger charge is -2.50. The van der Waals surface area contributed by atoms with E-state index in [0.29, 0.717) is 31.5 Å². The van der Waals surface area contributed by atoms with E-state index in [2.05, 4.69) is 0 Å². The molecule has 3 aliphatic rings. The average Bonchev–Trinajstić information content (AvgIpc) is 2.87. The summed E-state index contributed by atoms with van der Waals surface area (Å²) in [6, 6.07) is 15.0. The summed E-state index contributed by atoms with van der Waals surface area (Å²) in [6.45, 7) is 6.29. The maximum atomic E-state index is 13.3. The molecule has 1 unspecified atom stereocenters. The van der Waals surface area contributed by atoms with Gasteiger partial charge in [0.2, 0.25) is 0 Å². The third-order valence-electron chi connectivity index (χ3n) is 7.63. The Bertz CT molecular complexity index is 1060. The van der Waals surface area contributed by atoms with Crippen molar-refractivity contribution in [2.45, 2.75) is 76.9 Å². The molecule has 5 rings (SSSR count). The molecule has 2 heterocycles. The minimum Gasteiger partial charge on any atom is -0.490 e. The lowest BCUT2D eigenvalue weighted by Crippen LogP contribution is -2.59. The molecule has 1 atom stereocenters. The predicted molar refractivity (Wildman–Crippen MR) is 141 cm³/mol. The number of carbonyl (C=O) groups excluding carboxylic acids is 1. The number of likely N-dealkylation sites (tertiary alicyclic amines) is 1. The third-order valence-corrected chi connectivity index (χ3v) is 7.63. The minimum absolute atomic E-state index is 0.0642. The maximum Gasteiger partial charge on any atom is 0.401 e. The summed E-state index contributed by atoms with van der Waals surface area (Å²) in [7, 11) is 0. The van der Waals surface area contributed by atoms with Crippen molar-refractivity contribution in [3.05, 3.63) is 65.2 Å². The fourth-order valence-corrected chi connectivity index (χ4v) is 5.46.